The van der Waals surface area contributed by atoms with Gasteiger partial charge in [-0.15, -0.1) is 0 Å². The quantitative estimate of drug-likeness (QED) is 0.724. The Labute approximate surface area is 171 Å². The van der Waals surface area contributed by atoms with Crippen LogP contribution >= 0.6 is 0 Å². The number of nitrogens with one attached hydrogen (secondary N) is 1. The van der Waals surface area contributed by atoms with Gasteiger partial charge in [-0.2, -0.15) is 5.10 Å². The summed E-state index contributed by atoms with van der Waals surface area (Å²) < 4.78 is 5.68. The van der Waals surface area contributed by atoms with E-state index in [4.69, 9.17) is 4.74 Å². The molecule has 4 rings (SSSR count). The minimum Gasteiger partial charge on any atom is -0.484 e. The van der Waals surface area contributed by atoms with Crippen LogP contribution in [0.4, 0.5) is 5.82 Å². The molecular weight excluding hydrogens is 364 g/mol. The van der Waals surface area contributed by atoms with E-state index in [1.165, 1.54) is 0 Å². The molecule has 1 fully saturated rings. The van der Waals surface area contributed by atoms with Crippen LogP contribution in [-0.2, 0) is 4.79 Å². The summed E-state index contributed by atoms with van der Waals surface area (Å²) in [6, 6.07) is 20.0. The number of carbonyl (C=O) groups is 1. The minimum atomic E-state index is 0.0281. The van der Waals surface area contributed by atoms with E-state index in [2.05, 4.69) is 33.3 Å². The molecule has 0 aliphatic carbocycles. The molecule has 2 aromatic carbocycles. The molecule has 2 heterocycles. The summed E-state index contributed by atoms with van der Waals surface area (Å²) in [5.74, 6) is 1.69. The number of aromatic nitrogens is 2. The van der Waals surface area contributed by atoms with Crippen LogP contribution < -0.4 is 9.64 Å². The van der Waals surface area contributed by atoms with Crippen molar-refractivity contribution in [1.82, 2.24) is 15.1 Å². The van der Waals surface area contributed by atoms with E-state index in [1.807, 2.05) is 54.3 Å². The van der Waals surface area contributed by atoms with Gasteiger partial charge in [-0.05, 0) is 36.6 Å². The standard InChI is InChI=1S/C23H26N4O2/c1-18-7-5-10-20(15-18)29-17-23(28)27-12-6-11-26(13-14-27)22-16-21(24-25-22)19-8-3-2-4-9-19/h2-5,7-10,15-16H,6,11-14,17H2,1H3,(H,24,25). The molecule has 0 atom stereocenters. The summed E-state index contributed by atoms with van der Waals surface area (Å²) >= 11 is 0. The number of hydrogen-bond acceptors (Lipinski definition) is 4. The van der Waals surface area contributed by atoms with E-state index in [0.717, 1.165) is 54.4 Å². The zero-order chi connectivity index (χ0) is 20.1. The number of H-pyrrole nitrogens is 1. The summed E-state index contributed by atoms with van der Waals surface area (Å²) in [5, 5.41) is 7.61. The molecule has 150 valence electrons. The summed E-state index contributed by atoms with van der Waals surface area (Å²) in [7, 11) is 0. The Kier molecular flexibility index (Phi) is 5.79. The lowest BCUT2D eigenvalue weighted by Crippen LogP contribution is -2.38. The zero-order valence-corrected chi connectivity index (χ0v) is 16.7. The molecule has 1 amide bonds. The van der Waals surface area contributed by atoms with Crippen LogP contribution in [0.3, 0.4) is 0 Å². The molecule has 1 aliphatic rings. The molecular formula is C23H26N4O2. The molecule has 0 spiro atoms. The van der Waals surface area contributed by atoms with Crippen LogP contribution in [-0.4, -0.2) is 53.8 Å². The number of anilines is 1. The number of ether oxygens (including phenoxy) is 1. The fourth-order valence-electron chi connectivity index (χ4n) is 3.58. The summed E-state index contributed by atoms with van der Waals surface area (Å²) in [4.78, 5) is 16.7. The van der Waals surface area contributed by atoms with Gasteiger partial charge in [-0.3, -0.25) is 9.89 Å². The molecule has 1 aromatic heterocycles. The molecule has 0 radical (unpaired) electrons. The molecule has 1 saturated heterocycles. The van der Waals surface area contributed by atoms with Crippen molar-refractivity contribution in [2.24, 2.45) is 0 Å². The number of amides is 1. The van der Waals surface area contributed by atoms with Gasteiger partial charge in [0.25, 0.3) is 5.91 Å². The highest BCUT2D eigenvalue weighted by Gasteiger charge is 2.21. The lowest BCUT2D eigenvalue weighted by atomic mass is 10.1. The largest absolute Gasteiger partial charge is 0.484 e. The van der Waals surface area contributed by atoms with Crippen molar-refractivity contribution in [2.45, 2.75) is 13.3 Å². The van der Waals surface area contributed by atoms with Gasteiger partial charge in [-0.25, -0.2) is 0 Å². The highest BCUT2D eigenvalue weighted by Crippen LogP contribution is 2.22. The minimum absolute atomic E-state index is 0.0281. The van der Waals surface area contributed by atoms with E-state index in [-0.39, 0.29) is 12.5 Å². The molecule has 29 heavy (non-hydrogen) atoms. The Balaban J connectivity index is 1.33. The van der Waals surface area contributed by atoms with Gasteiger partial charge in [0.1, 0.15) is 5.75 Å². The lowest BCUT2D eigenvalue weighted by molar-refractivity contribution is -0.133. The number of carbonyl (C=O) groups excluding carboxylic acids is 1. The van der Waals surface area contributed by atoms with Crippen molar-refractivity contribution in [1.29, 1.82) is 0 Å². The van der Waals surface area contributed by atoms with Gasteiger partial charge in [0, 0.05) is 32.2 Å². The molecule has 0 bridgehead atoms. The van der Waals surface area contributed by atoms with Crippen molar-refractivity contribution in [3.63, 3.8) is 0 Å². The first-order chi connectivity index (χ1) is 14.2. The van der Waals surface area contributed by atoms with Crippen molar-refractivity contribution >= 4 is 11.7 Å². The highest BCUT2D eigenvalue weighted by atomic mass is 16.5. The van der Waals surface area contributed by atoms with Gasteiger partial charge in [0.2, 0.25) is 0 Å². The topological polar surface area (TPSA) is 61.5 Å². The van der Waals surface area contributed by atoms with Crippen molar-refractivity contribution in [3.8, 4) is 17.0 Å². The van der Waals surface area contributed by atoms with Crippen LogP contribution in [0.5, 0.6) is 5.75 Å². The fraction of sp³-hybridized carbons (Fsp3) is 0.304. The molecule has 3 aromatic rings. The van der Waals surface area contributed by atoms with E-state index < -0.39 is 0 Å². The SMILES string of the molecule is Cc1cccc(OCC(=O)N2CCCN(c3cc(-c4ccccc4)[nH]n3)CC2)c1. The first-order valence-corrected chi connectivity index (χ1v) is 10.0. The van der Waals surface area contributed by atoms with Crippen LogP contribution in [0.1, 0.15) is 12.0 Å². The number of hydrogen-bond donors (Lipinski definition) is 1. The highest BCUT2D eigenvalue weighted by molar-refractivity contribution is 5.78. The lowest BCUT2D eigenvalue weighted by Gasteiger charge is -2.22. The molecule has 6 heteroatoms. The third-order valence-corrected chi connectivity index (χ3v) is 5.17. The number of aromatic amines is 1. The Morgan fingerprint density at radius 1 is 1.03 bits per heavy atom. The first kappa shape index (κ1) is 19.1. The van der Waals surface area contributed by atoms with E-state index in [1.54, 1.807) is 0 Å². The average molecular weight is 390 g/mol. The first-order valence-electron chi connectivity index (χ1n) is 10.0. The average Bonchev–Trinajstić information content (AvgIpc) is 3.11. The Hall–Kier alpha value is -3.28. The number of rotatable bonds is 5. The van der Waals surface area contributed by atoms with Crippen LogP contribution in [0.2, 0.25) is 0 Å². The second-order valence-corrected chi connectivity index (χ2v) is 7.33. The third kappa shape index (κ3) is 4.77. The van der Waals surface area contributed by atoms with E-state index >= 15 is 0 Å². The van der Waals surface area contributed by atoms with Gasteiger partial charge in [0.15, 0.2) is 12.4 Å². The number of aryl methyl sites for hydroxylation is 1. The summed E-state index contributed by atoms with van der Waals surface area (Å²) in [6.07, 6.45) is 0.906. The summed E-state index contributed by atoms with van der Waals surface area (Å²) in [6.45, 7) is 5.13. The molecule has 0 saturated carbocycles. The maximum Gasteiger partial charge on any atom is 0.260 e. The smallest absolute Gasteiger partial charge is 0.260 e. The van der Waals surface area contributed by atoms with E-state index in [9.17, 15) is 4.79 Å². The number of benzene rings is 2. The van der Waals surface area contributed by atoms with Crippen molar-refractivity contribution < 1.29 is 9.53 Å². The monoisotopic (exact) mass is 390 g/mol. The Morgan fingerprint density at radius 3 is 2.72 bits per heavy atom. The van der Waals surface area contributed by atoms with Gasteiger partial charge in [-0.1, -0.05) is 42.5 Å². The summed E-state index contributed by atoms with van der Waals surface area (Å²) in [5.41, 5.74) is 3.24. The van der Waals surface area contributed by atoms with Crippen molar-refractivity contribution in [2.75, 3.05) is 37.7 Å². The van der Waals surface area contributed by atoms with Crippen LogP contribution in [0, 0.1) is 6.92 Å². The van der Waals surface area contributed by atoms with Gasteiger partial charge in [0.05, 0.1) is 5.69 Å². The number of nitrogens with zero attached hydrogens (tertiary/aromatic N) is 3. The molecule has 0 unspecified atom stereocenters. The van der Waals surface area contributed by atoms with Crippen LogP contribution in [0.15, 0.2) is 60.7 Å². The maximum absolute atomic E-state index is 12.6. The second kappa shape index (κ2) is 8.82. The fourth-order valence-corrected chi connectivity index (χ4v) is 3.58. The van der Waals surface area contributed by atoms with Crippen molar-refractivity contribution in [3.05, 3.63) is 66.2 Å². The predicted molar refractivity (Wildman–Crippen MR) is 114 cm³/mol. The predicted octanol–water partition coefficient (Wildman–Crippen LogP) is 3.50. The molecule has 1 N–H and O–H groups in total. The Bertz CT molecular complexity index is 954. The maximum atomic E-state index is 12.6. The van der Waals surface area contributed by atoms with Gasteiger partial charge < -0.3 is 14.5 Å². The second-order valence-electron chi connectivity index (χ2n) is 7.33. The van der Waals surface area contributed by atoms with E-state index in [0.29, 0.717) is 6.54 Å². The third-order valence-electron chi connectivity index (χ3n) is 5.17. The van der Waals surface area contributed by atoms with Gasteiger partial charge >= 0.3 is 0 Å². The van der Waals surface area contributed by atoms with Crippen LogP contribution in [0.25, 0.3) is 11.3 Å². The Morgan fingerprint density at radius 2 is 1.90 bits per heavy atom. The normalized spacial score (nSPS) is 14.5. The molecule has 6 nitrogen and oxygen atoms in total. The molecule has 1 aliphatic heterocycles. The zero-order valence-electron chi connectivity index (χ0n) is 16.7.